The average Bonchev–Trinajstić information content (AvgIpc) is 2.05. The Morgan fingerprint density at radius 2 is 2.08 bits per heavy atom. The highest BCUT2D eigenvalue weighted by atomic mass is 16.1. The number of nitrogens with zero attached hydrogens (tertiary/aromatic N) is 2. The van der Waals surface area contributed by atoms with Crippen LogP contribution in [0.4, 0.5) is 0 Å². The molecule has 0 aliphatic rings. The van der Waals surface area contributed by atoms with E-state index >= 15 is 0 Å². The molecule has 12 heavy (non-hydrogen) atoms. The predicted octanol–water partition coefficient (Wildman–Crippen LogP) is 0.365. The second-order valence-corrected chi connectivity index (χ2v) is 2.28. The van der Waals surface area contributed by atoms with E-state index in [2.05, 4.69) is 9.97 Å². The summed E-state index contributed by atoms with van der Waals surface area (Å²) in [7, 11) is 0. The van der Waals surface area contributed by atoms with Gasteiger partial charge >= 0.3 is 0 Å². The first-order valence-electron chi connectivity index (χ1n) is 3.45. The molecule has 1 aromatic heterocycles. The quantitative estimate of drug-likeness (QED) is 0.639. The first-order valence-corrected chi connectivity index (χ1v) is 3.45. The van der Waals surface area contributed by atoms with Gasteiger partial charge in [-0.3, -0.25) is 4.79 Å². The van der Waals surface area contributed by atoms with Crippen molar-refractivity contribution < 1.29 is 4.79 Å². The molecule has 0 fully saturated rings. The number of nitrogens with two attached hydrogens (primary N) is 1. The molecule has 1 heterocycles. The van der Waals surface area contributed by atoms with E-state index < -0.39 is 0 Å². The van der Waals surface area contributed by atoms with Crippen LogP contribution in [0.5, 0.6) is 0 Å². The molecule has 0 amide bonds. The Morgan fingerprint density at radius 1 is 1.50 bits per heavy atom. The van der Waals surface area contributed by atoms with Crippen molar-refractivity contribution in [1.29, 1.82) is 0 Å². The standard InChI is InChI=1S/C8H9N3O/c1-6(12)5-7(9)8-10-3-2-4-11-8/h2-5H,9H2,1H3/b7-5-. The summed E-state index contributed by atoms with van der Waals surface area (Å²) in [5.74, 6) is 0.271. The molecule has 0 saturated heterocycles. The maximum atomic E-state index is 10.6. The van der Waals surface area contributed by atoms with Crippen LogP contribution in [0.1, 0.15) is 12.7 Å². The van der Waals surface area contributed by atoms with E-state index in [1.807, 2.05) is 0 Å². The van der Waals surface area contributed by atoms with Crippen LogP contribution in [-0.4, -0.2) is 15.8 Å². The molecular formula is C8H9N3O. The van der Waals surface area contributed by atoms with Crippen LogP contribution in [-0.2, 0) is 4.79 Å². The highest BCUT2D eigenvalue weighted by Crippen LogP contribution is 1.99. The van der Waals surface area contributed by atoms with Crippen molar-refractivity contribution in [1.82, 2.24) is 9.97 Å². The van der Waals surface area contributed by atoms with Gasteiger partial charge in [0.05, 0.1) is 5.70 Å². The second-order valence-electron chi connectivity index (χ2n) is 2.28. The molecule has 0 aromatic carbocycles. The lowest BCUT2D eigenvalue weighted by atomic mass is 10.3. The minimum absolute atomic E-state index is 0.111. The normalized spacial score (nSPS) is 11.2. The molecule has 4 heteroatoms. The largest absolute Gasteiger partial charge is 0.396 e. The van der Waals surface area contributed by atoms with Crippen LogP contribution in [0, 0.1) is 0 Å². The minimum atomic E-state index is -0.111. The highest BCUT2D eigenvalue weighted by Gasteiger charge is 1.98. The summed E-state index contributed by atoms with van der Waals surface area (Å²) >= 11 is 0. The monoisotopic (exact) mass is 163 g/mol. The van der Waals surface area contributed by atoms with Crippen molar-refractivity contribution in [3.63, 3.8) is 0 Å². The van der Waals surface area contributed by atoms with Gasteiger partial charge in [0.15, 0.2) is 11.6 Å². The summed E-state index contributed by atoms with van der Waals surface area (Å²) in [6.07, 6.45) is 4.45. The van der Waals surface area contributed by atoms with Crippen molar-refractivity contribution in [2.24, 2.45) is 5.73 Å². The molecule has 0 aliphatic heterocycles. The van der Waals surface area contributed by atoms with E-state index in [-0.39, 0.29) is 5.78 Å². The zero-order valence-corrected chi connectivity index (χ0v) is 6.69. The van der Waals surface area contributed by atoms with Gasteiger partial charge in [0.25, 0.3) is 0 Å². The number of allylic oxidation sites excluding steroid dienone is 1. The average molecular weight is 163 g/mol. The molecule has 1 aromatic rings. The maximum Gasteiger partial charge on any atom is 0.175 e. The van der Waals surface area contributed by atoms with Gasteiger partial charge in [-0.25, -0.2) is 9.97 Å². The van der Waals surface area contributed by atoms with Gasteiger partial charge in [-0.15, -0.1) is 0 Å². The van der Waals surface area contributed by atoms with E-state index in [1.54, 1.807) is 18.5 Å². The maximum absolute atomic E-state index is 10.6. The second kappa shape index (κ2) is 3.61. The predicted molar refractivity (Wildman–Crippen MR) is 44.9 cm³/mol. The van der Waals surface area contributed by atoms with Crippen LogP contribution in [0.25, 0.3) is 5.70 Å². The molecule has 4 nitrogen and oxygen atoms in total. The molecular weight excluding hydrogens is 154 g/mol. The molecule has 0 bridgehead atoms. The van der Waals surface area contributed by atoms with Crippen molar-refractivity contribution >= 4 is 11.5 Å². The Kier molecular flexibility index (Phi) is 2.53. The fraction of sp³-hybridized carbons (Fsp3) is 0.125. The van der Waals surface area contributed by atoms with E-state index in [0.29, 0.717) is 11.5 Å². The summed E-state index contributed by atoms with van der Waals surface area (Å²) in [5, 5.41) is 0. The van der Waals surface area contributed by atoms with Crippen LogP contribution < -0.4 is 5.73 Å². The van der Waals surface area contributed by atoms with Crippen LogP contribution in [0.3, 0.4) is 0 Å². The number of ketones is 1. The molecule has 0 atom stereocenters. The molecule has 0 radical (unpaired) electrons. The lowest BCUT2D eigenvalue weighted by molar-refractivity contribution is -0.112. The smallest absolute Gasteiger partial charge is 0.175 e. The highest BCUT2D eigenvalue weighted by molar-refractivity contribution is 5.93. The van der Waals surface area contributed by atoms with E-state index in [9.17, 15) is 4.79 Å². The van der Waals surface area contributed by atoms with E-state index in [1.165, 1.54) is 13.0 Å². The van der Waals surface area contributed by atoms with Crippen LogP contribution in [0.2, 0.25) is 0 Å². The Labute approximate surface area is 70.1 Å². The zero-order chi connectivity index (χ0) is 8.97. The van der Waals surface area contributed by atoms with Gasteiger partial charge in [-0.1, -0.05) is 0 Å². The van der Waals surface area contributed by atoms with Gasteiger partial charge in [0.1, 0.15) is 0 Å². The van der Waals surface area contributed by atoms with Crippen LogP contribution >= 0.6 is 0 Å². The van der Waals surface area contributed by atoms with Crippen molar-refractivity contribution in [2.45, 2.75) is 6.92 Å². The molecule has 0 spiro atoms. The fourth-order valence-corrected chi connectivity index (χ4v) is 0.732. The Bertz CT molecular complexity index is 305. The molecule has 0 aliphatic carbocycles. The summed E-state index contributed by atoms with van der Waals surface area (Å²) in [6.45, 7) is 1.43. The molecule has 1 rings (SSSR count). The third kappa shape index (κ3) is 2.16. The van der Waals surface area contributed by atoms with Crippen molar-refractivity contribution in [3.05, 3.63) is 30.4 Å². The van der Waals surface area contributed by atoms with Gasteiger partial charge in [0, 0.05) is 18.5 Å². The number of carbonyl (C=O) groups excluding carboxylic acids is 1. The van der Waals surface area contributed by atoms with E-state index in [4.69, 9.17) is 5.73 Å². The molecule has 0 saturated carbocycles. The Balaban J connectivity index is 2.93. The Hall–Kier alpha value is -1.71. The first-order chi connectivity index (χ1) is 5.70. The van der Waals surface area contributed by atoms with E-state index in [0.717, 1.165) is 0 Å². The van der Waals surface area contributed by atoms with Gasteiger partial charge in [0.2, 0.25) is 0 Å². The van der Waals surface area contributed by atoms with Gasteiger partial charge < -0.3 is 5.73 Å². The fourth-order valence-electron chi connectivity index (χ4n) is 0.732. The number of carbonyl (C=O) groups is 1. The number of aromatic nitrogens is 2. The SMILES string of the molecule is CC(=O)/C=C(\N)c1ncccn1. The topological polar surface area (TPSA) is 68.9 Å². The van der Waals surface area contributed by atoms with Crippen molar-refractivity contribution in [3.8, 4) is 0 Å². The molecule has 2 N–H and O–H groups in total. The summed E-state index contributed by atoms with van der Waals surface area (Å²) in [6, 6.07) is 1.69. The lowest BCUT2D eigenvalue weighted by Crippen LogP contribution is -2.03. The molecule has 0 unspecified atom stereocenters. The third-order valence-electron chi connectivity index (χ3n) is 1.18. The number of hydrogen-bond acceptors (Lipinski definition) is 4. The summed E-state index contributed by atoms with van der Waals surface area (Å²) < 4.78 is 0. The van der Waals surface area contributed by atoms with Crippen LogP contribution in [0.15, 0.2) is 24.5 Å². The first kappa shape index (κ1) is 8.39. The third-order valence-corrected chi connectivity index (χ3v) is 1.18. The zero-order valence-electron chi connectivity index (χ0n) is 6.69. The van der Waals surface area contributed by atoms with Gasteiger partial charge in [-0.05, 0) is 13.0 Å². The number of rotatable bonds is 2. The number of hydrogen-bond donors (Lipinski definition) is 1. The summed E-state index contributed by atoms with van der Waals surface area (Å²) in [5.41, 5.74) is 5.81. The van der Waals surface area contributed by atoms with Crippen molar-refractivity contribution in [2.75, 3.05) is 0 Å². The summed E-state index contributed by atoms with van der Waals surface area (Å²) in [4.78, 5) is 18.4. The Morgan fingerprint density at radius 3 is 2.58 bits per heavy atom. The van der Waals surface area contributed by atoms with Gasteiger partial charge in [-0.2, -0.15) is 0 Å². The minimum Gasteiger partial charge on any atom is -0.396 e. The lowest BCUT2D eigenvalue weighted by Gasteiger charge is -1.95. The molecule has 62 valence electrons.